The van der Waals surface area contributed by atoms with E-state index in [2.05, 4.69) is 20.0 Å². The van der Waals surface area contributed by atoms with Crippen LogP contribution in [0.4, 0.5) is 30.2 Å². The van der Waals surface area contributed by atoms with Crippen LogP contribution in [0.3, 0.4) is 0 Å². The van der Waals surface area contributed by atoms with Crippen LogP contribution in [-0.2, 0) is 0 Å². The number of hydrogen-bond donors (Lipinski definition) is 1. The first-order valence-electron chi connectivity index (χ1n) is 7.73. The molecule has 0 saturated carbocycles. The second kappa shape index (κ2) is 6.21. The Morgan fingerprint density at radius 3 is 2.62 bits per heavy atom. The molecule has 0 amide bonds. The van der Waals surface area contributed by atoms with Crippen molar-refractivity contribution < 1.29 is 17.9 Å². The van der Waals surface area contributed by atoms with Gasteiger partial charge < -0.3 is 15.0 Å². The van der Waals surface area contributed by atoms with Gasteiger partial charge in [0.2, 0.25) is 0 Å². The lowest BCUT2D eigenvalue weighted by Crippen LogP contribution is -2.39. The number of rotatable bonds is 2. The average Bonchev–Trinajstić information content (AvgIpc) is 3.05. The van der Waals surface area contributed by atoms with Crippen molar-refractivity contribution in [1.82, 2.24) is 0 Å². The van der Waals surface area contributed by atoms with E-state index in [9.17, 15) is 13.2 Å². The molecule has 0 aliphatic carbocycles. The number of ether oxygens (including phenoxy) is 1. The number of nitrogens with zero attached hydrogens (tertiary/aromatic N) is 3. The van der Waals surface area contributed by atoms with Gasteiger partial charge in [0.1, 0.15) is 5.75 Å². The molecule has 2 aromatic carbocycles. The van der Waals surface area contributed by atoms with Crippen LogP contribution in [0.5, 0.6) is 5.75 Å². The van der Waals surface area contributed by atoms with Crippen LogP contribution < -0.4 is 15.0 Å². The minimum Gasteiger partial charge on any atom is -0.406 e. The summed E-state index contributed by atoms with van der Waals surface area (Å²) in [6, 6.07) is 10.9. The van der Waals surface area contributed by atoms with Crippen molar-refractivity contribution in [3.05, 3.63) is 47.5 Å². The largest absolute Gasteiger partial charge is 0.573 e. The summed E-state index contributed by atoms with van der Waals surface area (Å²) in [4.78, 5) is 11.0. The van der Waals surface area contributed by atoms with Crippen LogP contribution in [0.2, 0.25) is 5.02 Å². The van der Waals surface area contributed by atoms with Gasteiger partial charge in [-0.15, -0.1) is 13.2 Å². The molecule has 1 N–H and O–H groups in total. The van der Waals surface area contributed by atoms with E-state index in [4.69, 9.17) is 11.6 Å². The Labute approximate surface area is 151 Å². The number of halogens is 4. The van der Waals surface area contributed by atoms with Crippen molar-refractivity contribution in [3.8, 4) is 5.75 Å². The van der Waals surface area contributed by atoms with Gasteiger partial charge in [-0.2, -0.15) is 0 Å². The molecule has 0 unspecified atom stereocenters. The normalized spacial score (nSPS) is 15.8. The minimum atomic E-state index is -4.72. The number of para-hydroxylation sites is 1. The zero-order valence-corrected chi connectivity index (χ0v) is 14.0. The molecule has 26 heavy (non-hydrogen) atoms. The molecular weight excluding hydrogens is 369 g/mol. The summed E-state index contributed by atoms with van der Waals surface area (Å²) in [6.45, 7) is 1.30. The first kappa shape index (κ1) is 16.7. The third-order valence-corrected chi connectivity index (χ3v) is 4.18. The fourth-order valence-electron chi connectivity index (χ4n) is 2.86. The Kier molecular flexibility index (Phi) is 3.99. The predicted molar refractivity (Wildman–Crippen MR) is 94.9 cm³/mol. The van der Waals surface area contributed by atoms with Gasteiger partial charge >= 0.3 is 6.36 Å². The summed E-state index contributed by atoms with van der Waals surface area (Å²) in [6.07, 6.45) is -4.72. The van der Waals surface area contributed by atoms with Crippen LogP contribution >= 0.6 is 11.6 Å². The quantitative estimate of drug-likeness (QED) is 0.827. The molecule has 4 rings (SSSR count). The maximum atomic E-state index is 12.2. The highest BCUT2D eigenvalue weighted by atomic mass is 35.5. The molecule has 0 saturated heterocycles. The molecule has 9 heteroatoms. The average molecular weight is 381 g/mol. The van der Waals surface area contributed by atoms with Crippen molar-refractivity contribution in [2.45, 2.75) is 6.36 Å². The minimum absolute atomic E-state index is 0.286. The molecular formula is C17H12ClF3N4O. The molecule has 2 aromatic rings. The van der Waals surface area contributed by atoms with Crippen molar-refractivity contribution in [3.63, 3.8) is 0 Å². The molecule has 134 valence electrons. The van der Waals surface area contributed by atoms with E-state index in [-0.39, 0.29) is 5.75 Å². The third kappa shape index (κ3) is 3.20. The van der Waals surface area contributed by atoms with Crippen molar-refractivity contribution in [2.24, 2.45) is 9.98 Å². The highest BCUT2D eigenvalue weighted by Gasteiger charge is 2.32. The second-order valence-electron chi connectivity index (χ2n) is 5.62. The third-order valence-electron chi connectivity index (χ3n) is 3.87. The monoisotopic (exact) mass is 380 g/mol. The van der Waals surface area contributed by atoms with Crippen molar-refractivity contribution in [2.75, 3.05) is 23.3 Å². The lowest BCUT2D eigenvalue weighted by Gasteiger charge is -2.28. The number of aliphatic imine (C=N–C) groups is 2. The Balaban J connectivity index is 1.62. The zero-order valence-electron chi connectivity index (χ0n) is 13.2. The predicted octanol–water partition coefficient (Wildman–Crippen LogP) is 4.61. The fraction of sp³-hybridized carbons (Fsp3) is 0.176. The summed E-state index contributed by atoms with van der Waals surface area (Å²) in [5.41, 5.74) is 2.08. The number of nitrogens with one attached hydrogen (secondary N) is 1. The standard InChI is InChI=1S/C17H12ClF3N4O/c18-12-2-1-3-13-14(12)25-9-8-22-16(25)15(24-13)23-10-4-6-11(7-5-10)26-17(19,20)21/h1-7H,8-9H2,(H,23,24). The van der Waals surface area contributed by atoms with Crippen LogP contribution in [-0.4, -0.2) is 31.1 Å². The van der Waals surface area contributed by atoms with Crippen molar-refractivity contribution in [1.29, 1.82) is 0 Å². The Morgan fingerprint density at radius 1 is 1.12 bits per heavy atom. The van der Waals surface area contributed by atoms with E-state index in [0.29, 0.717) is 41.2 Å². The lowest BCUT2D eigenvalue weighted by atomic mass is 10.2. The lowest BCUT2D eigenvalue weighted by molar-refractivity contribution is -0.274. The Morgan fingerprint density at radius 2 is 1.88 bits per heavy atom. The Bertz CT molecular complexity index is 909. The summed E-state index contributed by atoms with van der Waals surface area (Å²) in [7, 11) is 0. The molecule has 2 aliphatic rings. The van der Waals surface area contributed by atoms with Crippen LogP contribution in [0, 0.1) is 0 Å². The smallest absolute Gasteiger partial charge is 0.406 e. The van der Waals surface area contributed by atoms with Crippen LogP contribution in [0.1, 0.15) is 0 Å². The Hall–Kier alpha value is -2.74. The summed E-state index contributed by atoms with van der Waals surface area (Å²) < 4.78 is 40.6. The van der Waals surface area contributed by atoms with E-state index in [1.165, 1.54) is 24.3 Å². The summed E-state index contributed by atoms with van der Waals surface area (Å²) in [5.74, 6) is 0.883. The zero-order chi connectivity index (χ0) is 18.3. The number of amidine groups is 2. The first-order valence-corrected chi connectivity index (χ1v) is 8.11. The number of benzene rings is 2. The number of alkyl halides is 3. The maximum absolute atomic E-state index is 12.2. The molecule has 0 atom stereocenters. The molecule has 0 fully saturated rings. The topological polar surface area (TPSA) is 49.2 Å². The van der Waals surface area contributed by atoms with E-state index < -0.39 is 6.36 Å². The molecule has 0 radical (unpaired) electrons. The highest BCUT2D eigenvalue weighted by molar-refractivity contribution is 6.52. The number of fused-ring (bicyclic) bond motifs is 3. The number of hydrogen-bond acceptors (Lipinski definition) is 5. The molecule has 2 aliphatic heterocycles. The van der Waals surface area contributed by atoms with Crippen molar-refractivity contribution >= 4 is 40.3 Å². The van der Waals surface area contributed by atoms with Gasteiger partial charge in [0, 0.05) is 12.2 Å². The highest BCUT2D eigenvalue weighted by Crippen LogP contribution is 2.40. The fourth-order valence-corrected chi connectivity index (χ4v) is 3.13. The first-order chi connectivity index (χ1) is 12.4. The van der Waals surface area contributed by atoms with Gasteiger partial charge in [0.05, 0.1) is 22.9 Å². The van der Waals surface area contributed by atoms with Gasteiger partial charge in [-0.1, -0.05) is 17.7 Å². The van der Waals surface area contributed by atoms with Gasteiger partial charge in [-0.25, -0.2) is 4.99 Å². The van der Waals surface area contributed by atoms with Gasteiger partial charge in [0.25, 0.3) is 0 Å². The molecule has 0 bridgehead atoms. The van der Waals surface area contributed by atoms with Gasteiger partial charge in [-0.3, -0.25) is 4.99 Å². The molecule has 2 heterocycles. The molecule has 5 nitrogen and oxygen atoms in total. The maximum Gasteiger partial charge on any atom is 0.573 e. The van der Waals surface area contributed by atoms with Gasteiger partial charge in [-0.05, 0) is 36.4 Å². The van der Waals surface area contributed by atoms with E-state index >= 15 is 0 Å². The van der Waals surface area contributed by atoms with Crippen LogP contribution in [0.25, 0.3) is 0 Å². The summed E-state index contributed by atoms with van der Waals surface area (Å²) in [5, 5.41) is 3.69. The van der Waals surface area contributed by atoms with E-state index in [1.54, 1.807) is 6.07 Å². The van der Waals surface area contributed by atoms with Gasteiger partial charge in [0.15, 0.2) is 11.7 Å². The summed E-state index contributed by atoms with van der Waals surface area (Å²) >= 11 is 6.29. The van der Waals surface area contributed by atoms with E-state index in [1.807, 2.05) is 17.0 Å². The van der Waals surface area contributed by atoms with E-state index in [0.717, 1.165) is 5.69 Å². The molecule has 0 aromatic heterocycles. The second-order valence-corrected chi connectivity index (χ2v) is 6.03. The number of anilines is 2. The SMILES string of the molecule is FC(F)(F)Oc1ccc(NC2=Nc3cccc(Cl)c3N3CCN=C23)cc1. The molecule has 0 spiro atoms. The van der Waals surface area contributed by atoms with Crippen LogP contribution in [0.15, 0.2) is 52.4 Å².